The highest BCUT2D eigenvalue weighted by Gasteiger charge is 2.29. The molecule has 3 aromatic rings. The van der Waals surface area contributed by atoms with Gasteiger partial charge in [-0.15, -0.1) is 0 Å². The van der Waals surface area contributed by atoms with Crippen molar-refractivity contribution in [3.8, 4) is 11.3 Å². The molecule has 1 fully saturated rings. The first-order chi connectivity index (χ1) is 12.7. The highest BCUT2D eigenvalue weighted by Crippen LogP contribution is 2.46. The second-order valence-corrected chi connectivity index (χ2v) is 7.65. The molecule has 1 aliphatic heterocycles. The molecule has 0 atom stereocenters. The number of furan rings is 1. The fourth-order valence-electron chi connectivity index (χ4n) is 4.98. The van der Waals surface area contributed by atoms with E-state index in [0.717, 1.165) is 30.7 Å². The first-order valence-electron chi connectivity index (χ1n) is 9.70. The van der Waals surface area contributed by atoms with Crippen LogP contribution in [0, 0.1) is 0 Å². The van der Waals surface area contributed by atoms with Crippen LogP contribution in [0.25, 0.3) is 22.2 Å². The SMILES string of the molecule is O=C(O)c1ccc2c(C3CCCCC3)c3n(c2c1)CCCc1occc1-3. The number of carbonyl (C=O) groups is 1. The number of carboxylic acids is 1. The van der Waals surface area contributed by atoms with Gasteiger partial charge in [-0.2, -0.15) is 0 Å². The van der Waals surface area contributed by atoms with Crippen LogP contribution >= 0.6 is 0 Å². The van der Waals surface area contributed by atoms with Crippen molar-refractivity contribution in [1.29, 1.82) is 0 Å². The minimum absolute atomic E-state index is 0.365. The molecule has 0 saturated heterocycles. The summed E-state index contributed by atoms with van der Waals surface area (Å²) >= 11 is 0. The van der Waals surface area contributed by atoms with E-state index in [1.54, 1.807) is 12.3 Å². The third kappa shape index (κ3) is 2.32. The summed E-state index contributed by atoms with van der Waals surface area (Å²) in [5, 5.41) is 10.7. The Labute approximate surface area is 152 Å². The number of aromatic nitrogens is 1. The zero-order chi connectivity index (χ0) is 17.7. The fraction of sp³-hybridized carbons (Fsp3) is 0.409. The quantitative estimate of drug-likeness (QED) is 0.656. The first kappa shape index (κ1) is 15.7. The van der Waals surface area contributed by atoms with E-state index in [0.29, 0.717) is 11.5 Å². The Morgan fingerprint density at radius 3 is 2.77 bits per heavy atom. The molecule has 0 radical (unpaired) electrons. The van der Waals surface area contributed by atoms with Crippen LogP contribution in [0.2, 0.25) is 0 Å². The minimum Gasteiger partial charge on any atom is -0.478 e. The number of aryl methyl sites for hydroxylation is 2. The van der Waals surface area contributed by atoms with Crippen molar-refractivity contribution in [3.63, 3.8) is 0 Å². The normalized spacial score (nSPS) is 17.7. The van der Waals surface area contributed by atoms with E-state index in [1.807, 2.05) is 12.1 Å². The summed E-state index contributed by atoms with van der Waals surface area (Å²) < 4.78 is 8.14. The van der Waals surface area contributed by atoms with Gasteiger partial charge in [0.1, 0.15) is 5.76 Å². The lowest BCUT2D eigenvalue weighted by atomic mass is 9.81. The van der Waals surface area contributed by atoms with Crippen molar-refractivity contribution in [1.82, 2.24) is 4.57 Å². The summed E-state index contributed by atoms with van der Waals surface area (Å²) in [6, 6.07) is 7.74. The van der Waals surface area contributed by atoms with Crippen molar-refractivity contribution >= 4 is 16.9 Å². The van der Waals surface area contributed by atoms with E-state index >= 15 is 0 Å². The molecule has 0 bridgehead atoms. The van der Waals surface area contributed by atoms with Gasteiger partial charge in [0.25, 0.3) is 0 Å². The van der Waals surface area contributed by atoms with E-state index in [2.05, 4.69) is 10.6 Å². The second kappa shape index (κ2) is 6.04. The van der Waals surface area contributed by atoms with Gasteiger partial charge < -0.3 is 14.1 Å². The molecule has 4 nitrogen and oxygen atoms in total. The van der Waals surface area contributed by atoms with E-state index in [4.69, 9.17) is 4.42 Å². The van der Waals surface area contributed by atoms with Gasteiger partial charge in [-0.05, 0) is 48.9 Å². The number of nitrogens with zero attached hydrogens (tertiary/aromatic N) is 1. The molecule has 1 N–H and O–H groups in total. The van der Waals surface area contributed by atoms with Crippen molar-refractivity contribution in [2.24, 2.45) is 0 Å². The molecule has 1 aliphatic carbocycles. The lowest BCUT2D eigenvalue weighted by molar-refractivity contribution is 0.0697. The monoisotopic (exact) mass is 349 g/mol. The number of benzene rings is 1. The summed E-state index contributed by atoms with van der Waals surface area (Å²) in [4.78, 5) is 11.5. The lowest BCUT2D eigenvalue weighted by Gasteiger charge is -2.23. The predicted octanol–water partition coefficient (Wildman–Crippen LogP) is 5.59. The van der Waals surface area contributed by atoms with Crippen molar-refractivity contribution in [2.45, 2.75) is 57.4 Å². The molecular weight excluding hydrogens is 326 g/mol. The van der Waals surface area contributed by atoms with Crippen LogP contribution in [-0.2, 0) is 13.0 Å². The first-order valence-corrected chi connectivity index (χ1v) is 9.70. The van der Waals surface area contributed by atoms with E-state index in [-0.39, 0.29) is 0 Å². The van der Waals surface area contributed by atoms with Gasteiger partial charge in [-0.25, -0.2) is 4.79 Å². The third-order valence-electron chi connectivity index (χ3n) is 6.15. The maximum Gasteiger partial charge on any atom is 0.335 e. The summed E-state index contributed by atoms with van der Waals surface area (Å²) in [5.74, 6) is 0.764. The molecule has 1 saturated carbocycles. The van der Waals surface area contributed by atoms with Crippen molar-refractivity contribution in [3.05, 3.63) is 47.4 Å². The highest BCUT2D eigenvalue weighted by atomic mass is 16.4. The largest absolute Gasteiger partial charge is 0.478 e. The number of rotatable bonds is 2. The second-order valence-electron chi connectivity index (χ2n) is 7.65. The zero-order valence-corrected chi connectivity index (χ0v) is 14.8. The molecule has 2 aliphatic rings. The van der Waals surface area contributed by atoms with E-state index in [1.165, 1.54) is 54.3 Å². The van der Waals surface area contributed by atoms with Crippen LogP contribution in [0.15, 0.2) is 34.9 Å². The van der Waals surface area contributed by atoms with Crippen molar-refractivity contribution < 1.29 is 14.3 Å². The Kier molecular flexibility index (Phi) is 3.66. The smallest absolute Gasteiger partial charge is 0.335 e. The van der Waals surface area contributed by atoms with Crippen LogP contribution in [0.1, 0.15) is 66.1 Å². The fourth-order valence-corrected chi connectivity index (χ4v) is 4.98. The van der Waals surface area contributed by atoms with Gasteiger partial charge >= 0.3 is 5.97 Å². The Morgan fingerprint density at radius 2 is 1.96 bits per heavy atom. The maximum atomic E-state index is 11.5. The molecule has 134 valence electrons. The molecule has 4 heteroatoms. The summed E-state index contributed by atoms with van der Waals surface area (Å²) in [6.45, 7) is 0.909. The average molecular weight is 349 g/mol. The standard InChI is InChI=1S/C22H23NO3/c24-22(25)15-8-9-16-18(13-15)23-11-4-7-19-17(10-12-26-19)21(23)20(16)14-5-2-1-3-6-14/h8-10,12-14H,1-7,11H2,(H,24,25). The Balaban J connectivity index is 1.83. The zero-order valence-electron chi connectivity index (χ0n) is 14.8. The summed E-state index contributed by atoms with van der Waals surface area (Å²) in [6.07, 6.45) is 10.1. The molecule has 0 amide bonds. The van der Waals surface area contributed by atoms with Crippen LogP contribution < -0.4 is 0 Å². The summed E-state index contributed by atoms with van der Waals surface area (Å²) in [7, 11) is 0. The van der Waals surface area contributed by atoms with Gasteiger partial charge in [-0.1, -0.05) is 25.3 Å². The van der Waals surface area contributed by atoms with Crippen LogP contribution in [0.5, 0.6) is 0 Å². The van der Waals surface area contributed by atoms with Gasteiger partial charge in [0.15, 0.2) is 0 Å². The number of carboxylic acid groups (broad SMARTS) is 1. The van der Waals surface area contributed by atoms with Crippen LogP contribution in [-0.4, -0.2) is 15.6 Å². The number of fused-ring (bicyclic) bond motifs is 5. The number of aromatic carboxylic acids is 1. The molecule has 0 unspecified atom stereocenters. The van der Waals surface area contributed by atoms with Gasteiger partial charge in [0.2, 0.25) is 0 Å². The Hall–Kier alpha value is -2.49. The topological polar surface area (TPSA) is 55.4 Å². The number of hydrogen-bond donors (Lipinski definition) is 1. The molecule has 5 rings (SSSR count). The summed E-state index contributed by atoms with van der Waals surface area (Å²) in [5.41, 5.74) is 5.33. The molecule has 26 heavy (non-hydrogen) atoms. The minimum atomic E-state index is -0.862. The molecular formula is C22H23NO3. The Morgan fingerprint density at radius 1 is 1.12 bits per heavy atom. The average Bonchev–Trinajstić information content (AvgIpc) is 3.20. The molecule has 3 heterocycles. The van der Waals surface area contributed by atoms with E-state index < -0.39 is 5.97 Å². The molecule has 1 aromatic carbocycles. The molecule has 0 spiro atoms. The van der Waals surface area contributed by atoms with E-state index in [9.17, 15) is 9.90 Å². The molecule has 2 aromatic heterocycles. The van der Waals surface area contributed by atoms with Crippen LogP contribution in [0.4, 0.5) is 0 Å². The highest BCUT2D eigenvalue weighted by molar-refractivity contribution is 5.98. The number of hydrogen-bond acceptors (Lipinski definition) is 2. The van der Waals surface area contributed by atoms with Crippen LogP contribution in [0.3, 0.4) is 0 Å². The van der Waals surface area contributed by atoms with Gasteiger partial charge in [0.05, 0.1) is 17.5 Å². The van der Waals surface area contributed by atoms with Crippen molar-refractivity contribution in [2.75, 3.05) is 0 Å². The van der Waals surface area contributed by atoms with Gasteiger partial charge in [0, 0.05) is 29.4 Å². The van der Waals surface area contributed by atoms with Gasteiger partial charge in [-0.3, -0.25) is 0 Å². The lowest BCUT2D eigenvalue weighted by Crippen LogP contribution is -2.06. The third-order valence-corrected chi connectivity index (χ3v) is 6.15. The Bertz CT molecular complexity index is 988. The maximum absolute atomic E-state index is 11.5. The predicted molar refractivity (Wildman–Crippen MR) is 101 cm³/mol.